The topological polar surface area (TPSA) is 86.8 Å². The Balaban J connectivity index is 1.80. The predicted molar refractivity (Wildman–Crippen MR) is 180 cm³/mol. The molecule has 2 amide bonds. The number of unbranched alkanes of at least 4 members (excludes halogenated alkanes) is 1. The zero-order chi connectivity index (χ0) is 32.4. The van der Waals surface area contributed by atoms with E-state index < -0.39 is 28.5 Å². The zero-order valence-electron chi connectivity index (χ0n) is 26.6. The number of amides is 2. The molecular formula is C37H43N3O4S. The first-order valence-corrected chi connectivity index (χ1v) is 16.9. The van der Waals surface area contributed by atoms with Gasteiger partial charge in [0.2, 0.25) is 11.8 Å². The first-order chi connectivity index (χ1) is 21.6. The van der Waals surface area contributed by atoms with Crippen LogP contribution in [0.4, 0.5) is 5.69 Å². The Hall–Kier alpha value is -4.43. The molecule has 236 valence electrons. The van der Waals surface area contributed by atoms with E-state index in [1.807, 2.05) is 87.5 Å². The third kappa shape index (κ3) is 8.60. The number of benzene rings is 4. The van der Waals surface area contributed by atoms with Crippen molar-refractivity contribution >= 4 is 27.5 Å². The van der Waals surface area contributed by atoms with E-state index in [0.29, 0.717) is 12.2 Å². The molecule has 1 N–H and O–H groups in total. The van der Waals surface area contributed by atoms with Crippen LogP contribution in [0.15, 0.2) is 108 Å². The van der Waals surface area contributed by atoms with Crippen LogP contribution in [0.2, 0.25) is 0 Å². The summed E-state index contributed by atoms with van der Waals surface area (Å²) in [5.74, 6) is -0.738. The van der Waals surface area contributed by atoms with Crippen molar-refractivity contribution in [1.29, 1.82) is 0 Å². The van der Waals surface area contributed by atoms with Crippen molar-refractivity contribution in [2.45, 2.75) is 64.4 Å². The largest absolute Gasteiger partial charge is 0.354 e. The van der Waals surface area contributed by atoms with Gasteiger partial charge < -0.3 is 10.2 Å². The summed E-state index contributed by atoms with van der Waals surface area (Å²) in [6, 6.07) is 30.2. The minimum atomic E-state index is -4.15. The number of nitrogens with zero attached hydrogens (tertiary/aromatic N) is 2. The average Bonchev–Trinajstić information content (AvgIpc) is 3.04. The molecule has 4 rings (SSSR count). The minimum absolute atomic E-state index is 0.0922. The van der Waals surface area contributed by atoms with Gasteiger partial charge in [0.05, 0.1) is 10.6 Å². The number of aryl methyl sites for hydroxylation is 2. The maximum Gasteiger partial charge on any atom is 0.264 e. The predicted octanol–water partition coefficient (Wildman–Crippen LogP) is 6.36. The number of nitrogens with one attached hydrogen (secondary N) is 1. The van der Waals surface area contributed by atoms with E-state index in [4.69, 9.17) is 0 Å². The maximum absolute atomic E-state index is 14.6. The van der Waals surface area contributed by atoms with Crippen LogP contribution in [0.1, 0.15) is 47.6 Å². The van der Waals surface area contributed by atoms with Crippen LogP contribution in [0.3, 0.4) is 0 Å². The highest BCUT2D eigenvalue weighted by molar-refractivity contribution is 7.92. The highest BCUT2D eigenvalue weighted by atomic mass is 32.2. The van der Waals surface area contributed by atoms with E-state index in [1.54, 1.807) is 36.4 Å². The standard InChI is InChI=1S/C37H43N3O4S/c1-5-6-24-38-37(42)35(25-31-15-9-7-10-16-31)39(26-32-17-11-8-12-18-32)36(41)27-40(34-19-13-14-29(3)30(34)4)45(43,44)33-22-20-28(2)21-23-33/h7-23,35H,5-6,24-27H2,1-4H3,(H,38,42). The van der Waals surface area contributed by atoms with Gasteiger partial charge in [0.15, 0.2) is 0 Å². The second-order valence-corrected chi connectivity index (χ2v) is 13.3. The number of sulfonamides is 1. The Labute approximate surface area is 268 Å². The number of hydrogen-bond acceptors (Lipinski definition) is 4. The molecule has 1 unspecified atom stereocenters. The fourth-order valence-electron chi connectivity index (χ4n) is 5.20. The van der Waals surface area contributed by atoms with Gasteiger partial charge in [0.25, 0.3) is 10.0 Å². The average molecular weight is 626 g/mol. The fourth-order valence-corrected chi connectivity index (χ4v) is 6.67. The highest BCUT2D eigenvalue weighted by Crippen LogP contribution is 2.29. The minimum Gasteiger partial charge on any atom is -0.354 e. The summed E-state index contributed by atoms with van der Waals surface area (Å²) >= 11 is 0. The molecule has 0 saturated carbocycles. The molecule has 0 spiro atoms. The van der Waals surface area contributed by atoms with Crippen molar-refractivity contribution < 1.29 is 18.0 Å². The van der Waals surface area contributed by atoms with E-state index >= 15 is 0 Å². The summed E-state index contributed by atoms with van der Waals surface area (Å²) in [4.78, 5) is 30.0. The van der Waals surface area contributed by atoms with Gasteiger partial charge in [-0.1, -0.05) is 104 Å². The Bertz CT molecular complexity index is 1670. The van der Waals surface area contributed by atoms with Crippen molar-refractivity contribution in [1.82, 2.24) is 10.2 Å². The molecule has 0 aliphatic carbocycles. The van der Waals surface area contributed by atoms with Crippen molar-refractivity contribution in [3.63, 3.8) is 0 Å². The van der Waals surface area contributed by atoms with Crippen molar-refractivity contribution in [2.75, 3.05) is 17.4 Å². The van der Waals surface area contributed by atoms with Gasteiger partial charge in [-0.25, -0.2) is 8.42 Å². The summed E-state index contributed by atoms with van der Waals surface area (Å²) in [6.07, 6.45) is 2.01. The molecule has 0 aliphatic rings. The smallest absolute Gasteiger partial charge is 0.264 e. The summed E-state index contributed by atoms with van der Waals surface area (Å²) in [5, 5.41) is 3.02. The lowest BCUT2D eigenvalue weighted by Crippen LogP contribution is -2.53. The molecule has 45 heavy (non-hydrogen) atoms. The van der Waals surface area contributed by atoms with Crippen molar-refractivity contribution in [3.8, 4) is 0 Å². The third-order valence-electron chi connectivity index (χ3n) is 8.03. The lowest BCUT2D eigenvalue weighted by atomic mass is 10.0. The van der Waals surface area contributed by atoms with Gasteiger partial charge in [-0.3, -0.25) is 13.9 Å². The molecule has 8 heteroatoms. The molecule has 7 nitrogen and oxygen atoms in total. The van der Waals surface area contributed by atoms with Crippen LogP contribution in [-0.2, 0) is 32.6 Å². The fraction of sp³-hybridized carbons (Fsp3) is 0.297. The monoisotopic (exact) mass is 625 g/mol. The van der Waals surface area contributed by atoms with E-state index in [2.05, 4.69) is 12.2 Å². The first kappa shape index (κ1) is 33.5. The van der Waals surface area contributed by atoms with E-state index in [1.165, 1.54) is 9.21 Å². The van der Waals surface area contributed by atoms with E-state index in [-0.39, 0.29) is 23.8 Å². The van der Waals surface area contributed by atoms with Gasteiger partial charge in [-0.05, 0) is 67.6 Å². The van der Waals surface area contributed by atoms with Gasteiger partial charge >= 0.3 is 0 Å². The summed E-state index contributed by atoms with van der Waals surface area (Å²) in [5.41, 5.74) is 4.75. The molecule has 0 aromatic heterocycles. The van der Waals surface area contributed by atoms with E-state index in [9.17, 15) is 18.0 Å². The molecule has 0 fully saturated rings. The maximum atomic E-state index is 14.6. The van der Waals surface area contributed by atoms with Crippen LogP contribution in [0, 0.1) is 20.8 Å². The van der Waals surface area contributed by atoms with Gasteiger partial charge in [-0.2, -0.15) is 0 Å². The summed E-state index contributed by atoms with van der Waals surface area (Å²) in [6.45, 7) is 7.87. The third-order valence-corrected chi connectivity index (χ3v) is 9.80. The zero-order valence-corrected chi connectivity index (χ0v) is 27.4. The normalized spacial score (nSPS) is 11.9. The molecule has 4 aromatic carbocycles. The van der Waals surface area contributed by atoms with Crippen LogP contribution < -0.4 is 9.62 Å². The Kier molecular flexibility index (Phi) is 11.5. The lowest BCUT2D eigenvalue weighted by Gasteiger charge is -2.34. The van der Waals surface area contributed by atoms with Crippen LogP contribution in [0.25, 0.3) is 0 Å². The van der Waals surface area contributed by atoms with Crippen LogP contribution >= 0.6 is 0 Å². The molecular weight excluding hydrogens is 582 g/mol. The Morgan fingerprint density at radius 2 is 1.40 bits per heavy atom. The number of rotatable bonds is 14. The second-order valence-electron chi connectivity index (χ2n) is 11.4. The summed E-state index contributed by atoms with van der Waals surface area (Å²) in [7, 11) is -4.15. The van der Waals surface area contributed by atoms with E-state index in [0.717, 1.165) is 40.7 Å². The number of anilines is 1. The molecule has 0 saturated heterocycles. The number of carbonyl (C=O) groups excluding carboxylic acids is 2. The van der Waals surface area contributed by atoms with Gasteiger partial charge in [0.1, 0.15) is 12.6 Å². The second kappa shape index (κ2) is 15.5. The molecule has 0 heterocycles. The molecule has 0 radical (unpaired) electrons. The van der Waals surface area contributed by atoms with Crippen molar-refractivity contribution in [3.05, 3.63) is 131 Å². The van der Waals surface area contributed by atoms with Gasteiger partial charge in [0, 0.05) is 19.5 Å². The van der Waals surface area contributed by atoms with Crippen LogP contribution in [0.5, 0.6) is 0 Å². The number of carbonyl (C=O) groups is 2. The van der Waals surface area contributed by atoms with Gasteiger partial charge in [-0.15, -0.1) is 0 Å². The molecule has 4 aromatic rings. The first-order valence-electron chi connectivity index (χ1n) is 15.4. The molecule has 0 aliphatic heterocycles. The summed E-state index contributed by atoms with van der Waals surface area (Å²) < 4.78 is 29.7. The molecule has 0 bridgehead atoms. The Morgan fingerprint density at radius 3 is 2.02 bits per heavy atom. The molecule has 1 atom stereocenters. The number of hydrogen-bond donors (Lipinski definition) is 1. The SMILES string of the molecule is CCCCNC(=O)C(Cc1ccccc1)N(Cc1ccccc1)C(=O)CN(c1cccc(C)c1C)S(=O)(=O)c1ccc(C)cc1. The lowest BCUT2D eigenvalue weighted by molar-refractivity contribution is -0.140. The highest BCUT2D eigenvalue weighted by Gasteiger charge is 2.35. The quantitative estimate of drug-likeness (QED) is 0.165. The van der Waals surface area contributed by atoms with Crippen LogP contribution in [-0.4, -0.2) is 44.3 Å². The Morgan fingerprint density at radius 1 is 0.778 bits per heavy atom. The van der Waals surface area contributed by atoms with Crippen molar-refractivity contribution in [2.24, 2.45) is 0 Å².